The lowest BCUT2D eigenvalue weighted by atomic mass is 10.2. The van der Waals surface area contributed by atoms with E-state index in [2.05, 4.69) is 15.3 Å². The van der Waals surface area contributed by atoms with Gasteiger partial charge in [-0.25, -0.2) is 14.4 Å². The molecular formula is C20H19FN4O2S2. The second kappa shape index (κ2) is 9.06. The number of para-hydroxylation sites is 1. The SMILES string of the molecule is CC(=O)N(c1nc(/C=C/C(=O)Nc2nc(C(C)C)cs2)cs1)c1ccccc1F. The molecule has 0 aliphatic heterocycles. The average molecular weight is 431 g/mol. The predicted octanol–water partition coefficient (Wildman–Crippen LogP) is 5.20. The number of nitrogens with one attached hydrogen (secondary N) is 1. The second-order valence-corrected chi connectivity index (χ2v) is 8.11. The van der Waals surface area contributed by atoms with Gasteiger partial charge in [0.2, 0.25) is 11.8 Å². The van der Waals surface area contributed by atoms with Gasteiger partial charge < -0.3 is 0 Å². The summed E-state index contributed by atoms with van der Waals surface area (Å²) in [6.07, 6.45) is 2.88. The average Bonchev–Trinajstić information content (AvgIpc) is 3.31. The van der Waals surface area contributed by atoms with Crippen molar-refractivity contribution in [2.75, 3.05) is 10.2 Å². The van der Waals surface area contributed by atoms with Crippen LogP contribution in [0, 0.1) is 5.82 Å². The number of halogens is 1. The maximum Gasteiger partial charge on any atom is 0.250 e. The van der Waals surface area contributed by atoms with Crippen molar-refractivity contribution in [3.8, 4) is 0 Å². The Bertz CT molecular complexity index is 1060. The van der Waals surface area contributed by atoms with Gasteiger partial charge in [0.25, 0.3) is 0 Å². The van der Waals surface area contributed by atoms with E-state index in [1.165, 1.54) is 58.8 Å². The number of hydrogen-bond acceptors (Lipinski definition) is 6. The number of hydrogen-bond donors (Lipinski definition) is 1. The third-order valence-electron chi connectivity index (χ3n) is 3.86. The van der Waals surface area contributed by atoms with Gasteiger partial charge in [-0.2, -0.15) is 0 Å². The maximum atomic E-state index is 14.1. The van der Waals surface area contributed by atoms with Crippen LogP contribution in [0.25, 0.3) is 6.08 Å². The molecule has 0 fully saturated rings. The zero-order valence-electron chi connectivity index (χ0n) is 16.0. The van der Waals surface area contributed by atoms with E-state index in [4.69, 9.17) is 0 Å². The molecule has 1 N–H and O–H groups in total. The first-order valence-electron chi connectivity index (χ1n) is 8.80. The molecule has 1 aromatic carbocycles. The molecule has 6 nitrogen and oxygen atoms in total. The number of carbonyl (C=O) groups excluding carboxylic acids is 2. The van der Waals surface area contributed by atoms with Crippen molar-refractivity contribution in [1.29, 1.82) is 0 Å². The summed E-state index contributed by atoms with van der Waals surface area (Å²) in [7, 11) is 0. The lowest BCUT2D eigenvalue weighted by Crippen LogP contribution is -2.23. The Kier molecular flexibility index (Phi) is 6.50. The van der Waals surface area contributed by atoms with Crippen molar-refractivity contribution in [2.24, 2.45) is 0 Å². The fourth-order valence-corrected chi connectivity index (χ4v) is 4.14. The Morgan fingerprint density at radius 3 is 2.59 bits per heavy atom. The number of rotatable bonds is 6. The van der Waals surface area contributed by atoms with Gasteiger partial charge in [-0.3, -0.25) is 19.8 Å². The molecule has 0 aliphatic carbocycles. The molecule has 0 atom stereocenters. The number of nitrogens with zero attached hydrogens (tertiary/aromatic N) is 3. The minimum Gasteiger partial charge on any atom is -0.298 e. The molecule has 3 aromatic rings. The van der Waals surface area contributed by atoms with Gasteiger partial charge in [0.05, 0.1) is 17.1 Å². The summed E-state index contributed by atoms with van der Waals surface area (Å²) >= 11 is 2.55. The third kappa shape index (κ3) is 5.12. The molecule has 9 heteroatoms. The fraction of sp³-hybridized carbons (Fsp3) is 0.200. The monoisotopic (exact) mass is 430 g/mol. The van der Waals surface area contributed by atoms with Crippen LogP contribution in [-0.2, 0) is 9.59 Å². The molecule has 150 valence electrons. The molecule has 0 saturated carbocycles. The zero-order valence-corrected chi connectivity index (χ0v) is 17.7. The van der Waals surface area contributed by atoms with Crippen LogP contribution in [0.5, 0.6) is 0 Å². The number of thiazole rings is 2. The summed E-state index contributed by atoms with van der Waals surface area (Å²) in [5.74, 6) is -0.915. The smallest absolute Gasteiger partial charge is 0.250 e. The van der Waals surface area contributed by atoms with Crippen LogP contribution in [-0.4, -0.2) is 21.8 Å². The number of carbonyl (C=O) groups is 2. The molecule has 0 aliphatic rings. The zero-order chi connectivity index (χ0) is 21.0. The van der Waals surface area contributed by atoms with Gasteiger partial charge in [-0.1, -0.05) is 26.0 Å². The van der Waals surface area contributed by atoms with E-state index >= 15 is 0 Å². The van der Waals surface area contributed by atoms with Crippen molar-refractivity contribution in [2.45, 2.75) is 26.7 Å². The van der Waals surface area contributed by atoms with Gasteiger partial charge in [0.1, 0.15) is 5.82 Å². The van der Waals surface area contributed by atoms with Crippen molar-refractivity contribution >= 4 is 56.5 Å². The van der Waals surface area contributed by atoms with Crippen molar-refractivity contribution in [3.63, 3.8) is 0 Å². The Morgan fingerprint density at radius 2 is 1.93 bits per heavy atom. The van der Waals surface area contributed by atoms with Crippen LogP contribution in [0.4, 0.5) is 20.3 Å². The Balaban J connectivity index is 1.72. The van der Waals surface area contributed by atoms with E-state index in [0.29, 0.717) is 21.9 Å². The van der Waals surface area contributed by atoms with Crippen LogP contribution in [0.1, 0.15) is 38.1 Å². The van der Waals surface area contributed by atoms with Gasteiger partial charge in [-0.05, 0) is 24.1 Å². The lowest BCUT2D eigenvalue weighted by Gasteiger charge is -2.18. The standard InChI is InChI=1S/C20H19FN4O2S2/c1-12(2)16-11-28-19(23-16)24-18(27)9-8-14-10-29-20(22-14)25(13(3)26)17-7-5-4-6-15(17)21/h4-12H,1-3H3,(H,23,24,27)/b9-8+. The van der Waals surface area contributed by atoms with E-state index in [1.807, 2.05) is 19.2 Å². The summed E-state index contributed by atoms with van der Waals surface area (Å²) in [5.41, 5.74) is 1.55. The van der Waals surface area contributed by atoms with Crippen molar-refractivity contribution in [3.05, 3.63) is 58.3 Å². The molecule has 2 heterocycles. The highest BCUT2D eigenvalue weighted by atomic mass is 32.1. The third-order valence-corrected chi connectivity index (χ3v) is 5.48. The Labute approximate surface area is 175 Å². The van der Waals surface area contributed by atoms with Gasteiger partial charge in [-0.15, -0.1) is 22.7 Å². The molecule has 29 heavy (non-hydrogen) atoms. The number of benzene rings is 1. The Hall–Kier alpha value is -2.91. The summed E-state index contributed by atoms with van der Waals surface area (Å²) in [6, 6.07) is 6.00. The highest BCUT2D eigenvalue weighted by molar-refractivity contribution is 7.14. The van der Waals surface area contributed by atoms with E-state index in [-0.39, 0.29) is 17.5 Å². The maximum absolute atomic E-state index is 14.1. The highest BCUT2D eigenvalue weighted by Crippen LogP contribution is 2.31. The van der Waals surface area contributed by atoms with Gasteiger partial charge in [0, 0.05) is 23.8 Å². The van der Waals surface area contributed by atoms with Crippen molar-refractivity contribution < 1.29 is 14.0 Å². The first-order valence-corrected chi connectivity index (χ1v) is 10.6. The summed E-state index contributed by atoms with van der Waals surface area (Å²) in [6.45, 7) is 5.41. The first kappa shape index (κ1) is 20.8. The van der Waals surface area contributed by atoms with E-state index < -0.39 is 5.82 Å². The summed E-state index contributed by atoms with van der Waals surface area (Å²) < 4.78 is 14.1. The highest BCUT2D eigenvalue weighted by Gasteiger charge is 2.20. The molecule has 3 rings (SSSR count). The number of aromatic nitrogens is 2. The fourth-order valence-electron chi connectivity index (χ4n) is 2.41. The lowest BCUT2D eigenvalue weighted by molar-refractivity contribution is -0.116. The van der Waals surface area contributed by atoms with E-state index in [9.17, 15) is 14.0 Å². The minimum absolute atomic E-state index is 0.132. The quantitative estimate of drug-likeness (QED) is 0.546. The van der Waals surface area contributed by atoms with Crippen LogP contribution >= 0.6 is 22.7 Å². The normalized spacial score (nSPS) is 11.2. The predicted molar refractivity (Wildman–Crippen MR) is 115 cm³/mol. The molecule has 2 amide bonds. The van der Waals surface area contributed by atoms with Crippen LogP contribution in [0.15, 0.2) is 41.1 Å². The van der Waals surface area contributed by atoms with Gasteiger partial charge >= 0.3 is 0 Å². The van der Waals surface area contributed by atoms with Crippen LogP contribution < -0.4 is 10.2 Å². The molecule has 0 saturated heterocycles. The molecule has 0 radical (unpaired) electrons. The summed E-state index contributed by atoms with van der Waals surface area (Å²) in [5, 5.41) is 7.17. The molecular weight excluding hydrogens is 411 g/mol. The molecule has 0 spiro atoms. The second-order valence-electron chi connectivity index (χ2n) is 6.42. The van der Waals surface area contributed by atoms with Crippen molar-refractivity contribution in [1.82, 2.24) is 9.97 Å². The van der Waals surface area contributed by atoms with Crippen LogP contribution in [0.2, 0.25) is 0 Å². The van der Waals surface area contributed by atoms with Crippen LogP contribution in [0.3, 0.4) is 0 Å². The summed E-state index contributed by atoms with van der Waals surface area (Å²) in [4.78, 5) is 34.1. The molecule has 0 bridgehead atoms. The topological polar surface area (TPSA) is 75.2 Å². The van der Waals surface area contributed by atoms with E-state index in [0.717, 1.165) is 5.69 Å². The number of amides is 2. The minimum atomic E-state index is -0.515. The van der Waals surface area contributed by atoms with Gasteiger partial charge in [0.15, 0.2) is 10.3 Å². The molecule has 2 aromatic heterocycles. The Morgan fingerprint density at radius 1 is 1.17 bits per heavy atom. The molecule has 0 unspecified atom stereocenters. The van der Waals surface area contributed by atoms with E-state index in [1.54, 1.807) is 17.5 Å². The number of anilines is 3. The largest absolute Gasteiger partial charge is 0.298 e. The first-order chi connectivity index (χ1) is 13.8.